The predicted molar refractivity (Wildman–Crippen MR) is 113 cm³/mol. The van der Waals surface area contributed by atoms with Crippen LogP contribution in [0.3, 0.4) is 0 Å². The van der Waals surface area contributed by atoms with Gasteiger partial charge in [-0.1, -0.05) is 92.7 Å². The molecule has 3 nitrogen and oxygen atoms in total. The fraction of sp³-hybridized carbons (Fsp3) is 0.727. The molecule has 0 saturated heterocycles. The van der Waals surface area contributed by atoms with Crippen molar-refractivity contribution in [2.75, 3.05) is 6.61 Å². The number of rotatable bonds is 10. The van der Waals surface area contributed by atoms with Gasteiger partial charge in [0.1, 0.15) is 5.75 Å². The van der Waals surface area contributed by atoms with E-state index in [1.165, 1.54) is 31.2 Å². The molecular formula is C22H39O3P. The van der Waals surface area contributed by atoms with Crippen molar-refractivity contribution in [3.63, 3.8) is 0 Å². The van der Waals surface area contributed by atoms with Crippen LogP contribution in [-0.2, 0) is 15.4 Å². The lowest BCUT2D eigenvalue weighted by atomic mass is 9.80. The van der Waals surface area contributed by atoms with E-state index < -0.39 is 8.60 Å². The summed E-state index contributed by atoms with van der Waals surface area (Å²) in [5.74, 6) is 0.724. The van der Waals surface area contributed by atoms with Crippen LogP contribution in [0.15, 0.2) is 18.2 Å². The Morgan fingerprint density at radius 2 is 1.50 bits per heavy atom. The molecule has 0 saturated carbocycles. The van der Waals surface area contributed by atoms with Crippen molar-refractivity contribution in [3.8, 4) is 5.75 Å². The van der Waals surface area contributed by atoms with Gasteiger partial charge in [-0.3, -0.25) is 0 Å². The SMILES string of the molecule is CCCCCCCCO[P@](O)Oc1ccc(C(C)(C)C)cc1C(C)(C)C. The number of hydrogen-bond acceptors (Lipinski definition) is 3. The van der Waals surface area contributed by atoms with Crippen LogP contribution in [0.2, 0.25) is 0 Å². The van der Waals surface area contributed by atoms with Gasteiger partial charge in [-0.2, -0.15) is 0 Å². The summed E-state index contributed by atoms with van der Waals surface area (Å²) in [6.07, 6.45) is 7.21. The molecule has 0 aliphatic carbocycles. The van der Waals surface area contributed by atoms with E-state index in [1.54, 1.807) is 0 Å². The first-order chi connectivity index (χ1) is 12.1. The molecule has 1 rings (SSSR count). The third-order valence-electron chi connectivity index (χ3n) is 4.53. The first-order valence-electron chi connectivity index (χ1n) is 10.0. The van der Waals surface area contributed by atoms with Gasteiger partial charge in [0.15, 0.2) is 0 Å². The van der Waals surface area contributed by atoms with Crippen molar-refractivity contribution >= 4 is 8.60 Å². The van der Waals surface area contributed by atoms with E-state index in [2.05, 4.69) is 60.6 Å². The second-order valence-corrected chi connectivity index (χ2v) is 10.1. The molecule has 0 fully saturated rings. The largest absolute Gasteiger partial charge is 0.427 e. The molecule has 0 spiro atoms. The molecule has 150 valence electrons. The van der Waals surface area contributed by atoms with Crippen LogP contribution in [0.5, 0.6) is 5.75 Å². The molecule has 1 atom stereocenters. The van der Waals surface area contributed by atoms with E-state index in [0.717, 1.165) is 24.2 Å². The van der Waals surface area contributed by atoms with Crippen LogP contribution in [0.4, 0.5) is 0 Å². The molecule has 0 aliphatic rings. The fourth-order valence-corrected chi connectivity index (χ4v) is 3.46. The van der Waals surface area contributed by atoms with Gasteiger partial charge in [-0.05, 0) is 28.9 Å². The predicted octanol–water partition coefficient (Wildman–Crippen LogP) is 7.26. The van der Waals surface area contributed by atoms with Gasteiger partial charge in [-0.25, -0.2) is 0 Å². The summed E-state index contributed by atoms with van der Waals surface area (Å²) in [4.78, 5) is 10.2. The van der Waals surface area contributed by atoms with E-state index in [9.17, 15) is 4.89 Å². The summed E-state index contributed by atoms with van der Waals surface area (Å²) in [6, 6.07) is 6.26. The molecule has 1 aromatic rings. The molecule has 0 unspecified atom stereocenters. The Kier molecular flexibility index (Phi) is 9.58. The molecule has 1 aromatic carbocycles. The Bertz CT molecular complexity index is 529. The molecule has 0 radical (unpaired) electrons. The summed E-state index contributed by atoms with van der Waals surface area (Å²) in [5.41, 5.74) is 2.39. The maximum Gasteiger partial charge on any atom is 0.394 e. The van der Waals surface area contributed by atoms with Crippen LogP contribution in [0, 0.1) is 0 Å². The van der Waals surface area contributed by atoms with Crippen molar-refractivity contribution < 1.29 is 13.9 Å². The zero-order valence-corrected chi connectivity index (χ0v) is 18.8. The smallest absolute Gasteiger partial charge is 0.394 e. The third kappa shape index (κ3) is 8.37. The van der Waals surface area contributed by atoms with Crippen LogP contribution >= 0.6 is 8.60 Å². The highest BCUT2D eigenvalue weighted by Gasteiger charge is 2.24. The third-order valence-corrected chi connectivity index (χ3v) is 5.29. The van der Waals surface area contributed by atoms with Crippen molar-refractivity contribution in [1.29, 1.82) is 0 Å². The van der Waals surface area contributed by atoms with E-state index >= 15 is 0 Å². The minimum atomic E-state index is -1.89. The lowest BCUT2D eigenvalue weighted by molar-refractivity contribution is 0.252. The minimum Gasteiger partial charge on any atom is -0.427 e. The van der Waals surface area contributed by atoms with Crippen molar-refractivity contribution in [2.45, 2.75) is 97.8 Å². The first-order valence-corrected chi connectivity index (χ1v) is 11.1. The first kappa shape index (κ1) is 23.4. The van der Waals surface area contributed by atoms with E-state index in [-0.39, 0.29) is 10.8 Å². The van der Waals surface area contributed by atoms with E-state index in [0.29, 0.717) is 6.61 Å². The lowest BCUT2D eigenvalue weighted by Crippen LogP contribution is -2.17. The van der Waals surface area contributed by atoms with Crippen molar-refractivity contribution in [1.82, 2.24) is 0 Å². The van der Waals surface area contributed by atoms with Gasteiger partial charge in [0, 0.05) is 5.56 Å². The molecule has 0 amide bonds. The Morgan fingerprint density at radius 3 is 2.08 bits per heavy atom. The molecule has 1 N–H and O–H groups in total. The topological polar surface area (TPSA) is 38.7 Å². The summed E-state index contributed by atoms with van der Waals surface area (Å²) in [5, 5.41) is 0. The number of hydrogen-bond donors (Lipinski definition) is 1. The van der Waals surface area contributed by atoms with Crippen molar-refractivity contribution in [2.24, 2.45) is 0 Å². The van der Waals surface area contributed by atoms with Crippen LogP contribution in [-0.4, -0.2) is 11.5 Å². The van der Waals surface area contributed by atoms with Crippen LogP contribution in [0.1, 0.15) is 98.1 Å². The van der Waals surface area contributed by atoms with Crippen molar-refractivity contribution in [3.05, 3.63) is 29.3 Å². The van der Waals surface area contributed by atoms with Gasteiger partial charge in [0.25, 0.3) is 0 Å². The average Bonchev–Trinajstić information content (AvgIpc) is 2.52. The summed E-state index contributed by atoms with van der Waals surface area (Å²) in [7, 11) is -1.89. The Balaban J connectivity index is 2.62. The van der Waals surface area contributed by atoms with Crippen LogP contribution < -0.4 is 4.52 Å². The number of benzene rings is 1. The quantitative estimate of drug-likeness (QED) is 0.342. The Labute approximate surface area is 162 Å². The minimum absolute atomic E-state index is 0.0634. The molecule has 26 heavy (non-hydrogen) atoms. The molecule has 0 aliphatic heterocycles. The van der Waals surface area contributed by atoms with Gasteiger partial charge >= 0.3 is 8.60 Å². The summed E-state index contributed by atoms with van der Waals surface area (Å²) >= 11 is 0. The monoisotopic (exact) mass is 382 g/mol. The molecular weight excluding hydrogens is 343 g/mol. The van der Waals surface area contributed by atoms with E-state index in [1.807, 2.05) is 6.07 Å². The maximum atomic E-state index is 10.2. The van der Waals surface area contributed by atoms with Crippen LogP contribution in [0.25, 0.3) is 0 Å². The molecule has 4 heteroatoms. The van der Waals surface area contributed by atoms with Gasteiger partial charge in [0.05, 0.1) is 6.61 Å². The van der Waals surface area contributed by atoms with Gasteiger partial charge < -0.3 is 13.9 Å². The average molecular weight is 383 g/mol. The number of unbranched alkanes of at least 4 members (excludes halogenated alkanes) is 5. The van der Waals surface area contributed by atoms with Gasteiger partial charge in [0.2, 0.25) is 0 Å². The fourth-order valence-electron chi connectivity index (χ4n) is 2.80. The highest BCUT2D eigenvalue weighted by molar-refractivity contribution is 7.41. The second-order valence-electron chi connectivity index (χ2n) is 9.14. The molecule has 0 heterocycles. The molecule has 0 aromatic heterocycles. The summed E-state index contributed by atoms with van der Waals surface area (Å²) in [6.45, 7) is 15.9. The highest BCUT2D eigenvalue weighted by Crippen LogP contribution is 2.42. The Hall–Kier alpha value is -0.630. The second kappa shape index (κ2) is 10.6. The maximum absolute atomic E-state index is 10.2. The van der Waals surface area contributed by atoms with Gasteiger partial charge in [-0.15, -0.1) is 0 Å². The zero-order chi connectivity index (χ0) is 19.8. The lowest BCUT2D eigenvalue weighted by Gasteiger charge is -2.27. The summed E-state index contributed by atoms with van der Waals surface area (Å²) < 4.78 is 11.3. The normalized spacial score (nSPS) is 13.7. The van der Waals surface area contributed by atoms with E-state index in [4.69, 9.17) is 9.05 Å². The standard InChI is InChI=1S/C22H39O3P/c1-8-9-10-11-12-13-16-24-26(23)25-20-15-14-18(21(2,3)4)17-19(20)22(5,6)7/h14-15,17,23H,8-13,16H2,1-7H3/t26-/m0/s1. The molecule has 0 bridgehead atoms. The zero-order valence-electron chi connectivity index (χ0n) is 17.9. The highest BCUT2D eigenvalue weighted by atomic mass is 31.2. The Morgan fingerprint density at radius 1 is 0.885 bits per heavy atom.